The summed E-state index contributed by atoms with van der Waals surface area (Å²) in [6.45, 7) is 8.84. The van der Waals surface area contributed by atoms with Crippen molar-refractivity contribution in [3.05, 3.63) is 34.2 Å². The van der Waals surface area contributed by atoms with Gasteiger partial charge in [-0.15, -0.1) is 0 Å². The predicted molar refractivity (Wildman–Crippen MR) is 83.6 cm³/mol. The van der Waals surface area contributed by atoms with Gasteiger partial charge in [0, 0.05) is 18.3 Å². The maximum absolute atomic E-state index is 12.4. The first-order chi connectivity index (χ1) is 10.1. The Labute approximate surface area is 130 Å². The third kappa shape index (κ3) is 4.19. The molecule has 2 N–H and O–H groups in total. The number of aryl methyl sites for hydroxylation is 1. The van der Waals surface area contributed by atoms with E-state index in [1.165, 1.54) is 10.6 Å². The van der Waals surface area contributed by atoms with E-state index in [9.17, 15) is 14.4 Å². The highest BCUT2D eigenvalue weighted by atomic mass is 16.4. The molecule has 1 unspecified atom stereocenters. The molecule has 0 radical (unpaired) electrons. The fraction of sp³-hybridized carbons (Fsp3) is 0.562. The van der Waals surface area contributed by atoms with Crippen molar-refractivity contribution in [3.8, 4) is 0 Å². The number of carbonyl (C=O) groups excluding carboxylic acids is 1. The maximum atomic E-state index is 12.4. The first-order valence-electron chi connectivity index (χ1n) is 7.26. The lowest BCUT2D eigenvalue weighted by Crippen LogP contribution is -2.50. The summed E-state index contributed by atoms with van der Waals surface area (Å²) in [6, 6.07) is 3.96. The van der Waals surface area contributed by atoms with Gasteiger partial charge in [-0.3, -0.25) is 9.59 Å². The molecule has 122 valence electrons. The van der Waals surface area contributed by atoms with Gasteiger partial charge in [0.1, 0.15) is 6.04 Å². The lowest BCUT2D eigenvalue weighted by Gasteiger charge is -2.28. The molecule has 0 bridgehead atoms. The van der Waals surface area contributed by atoms with Crippen LogP contribution in [0.1, 0.15) is 33.4 Å². The van der Waals surface area contributed by atoms with E-state index in [-0.39, 0.29) is 23.9 Å². The van der Waals surface area contributed by atoms with Gasteiger partial charge >= 0.3 is 5.97 Å². The Hall–Kier alpha value is -2.11. The number of aromatic nitrogens is 1. The van der Waals surface area contributed by atoms with E-state index in [0.717, 1.165) is 5.69 Å². The molecule has 1 rings (SSSR count). The Balaban J connectivity index is 2.96. The fourth-order valence-electron chi connectivity index (χ4n) is 2.14. The molecule has 0 saturated carbocycles. The number of carbonyl (C=O) groups is 2. The highest BCUT2D eigenvalue weighted by Crippen LogP contribution is 2.19. The molecule has 0 fully saturated rings. The van der Waals surface area contributed by atoms with Gasteiger partial charge in [-0.25, -0.2) is 4.79 Å². The summed E-state index contributed by atoms with van der Waals surface area (Å²) in [4.78, 5) is 35.5. The molecule has 0 aliphatic carbocycles. The van der Waals surface area contributed by atoms with Crippen molar-refractivity contribution < 1.29 is 14.7 Å². The molecule has 1 amide bonds. The molecule has 0 aliphatic rings. The quantitative estimate of drug-likeness (QED) is 0.831. The van der Waals surface area contributed by atoms with Crippen molar-refractivity contribution in [1.82, 2.24) is 9.88 Å². The van der Waals surface area contributed by atoms with Crippen molar-refractivity contribution in [1.29, 1.82) is 0 Å². The third-order valence-electron chi connectivity index (χ3n) is 3.66. The van der Waals surface area contributed by atoms with Crippen LogP contribution in [0.5, 0.6) is 0 Å². The zero-order valence-corrected chi connectivity index (χ0v) is 13.7. The maximum Gasteiger partial charge on any atom is 0.326 e. The summed E-state index contributed by atoms with van der Waals surface area (Å²) < 4.78 is 1.52. The second-order valence-corrected chi connectivity index (χ2v) is 6.51. The summed E-state index contributed by atoms with van der Waals surface area (Å²) in [5.74, 6) is -1.67. The van der Waals surface area contributed by atoms with Crippen LogP contribution < -0.4 is 10.9 Å². The first-order valence-corrected chi connectivity index (χ1v) is 7.26. The van der Waals surface area contributed by atoms with Gasteiger partial charge < -0.3 is 15.0 Å². The predicted octanol–water partition coefficient (Wildman–Crippen LogP) is 1.41. The largest absolute Gasteiger partial charge is 0.480 e. The number of hydrogen-bond donors (Lipinski definition) is 2. The molecule has 1 atom stereocenters. The van der Waals surface area contributed by atoms with Gasteiger partial charge in [-0.1, -0.05) is 19.9 Å². The Morgan fingerprint density at radius 1 is 1.32 bits per heavy atom. The third-order valence-corrected chi connectivity index (χ3v) is 3.66. The summed E-state index contributed by atoms with van der Waals surface area (Å²) in [5, 5.41) is 11.7. The average molecular weight is 308 g/mol. The van der Waals surface area contributed by atoms with Crippen molar-refractivity contribution in [2.75, 3.05) is 0 Å². The molecule has 0 aliphatic heterocycles. The highest BCUT2D eigenvalue weighted by molar-refractivity contribution is 5.87. The number of aliphatic carboxylic acids is 1. The number of carboxylic acid groups (broad SMARTS) is 1. The van der Waals surface area contributed by atoms with Gasteiger partial charge in [-0.2, -0.15) is 0 Å². The summed E-state index contributed by atoms with van der Waals surface area (Å²) >= 11 is 0. The molecule has 1 aromatic rings. The fourth-order valence-corrected chi connectivity index (χ4v) is 2.14. The number of amides is 1. The molecule has 6 heteroatoms. The van der Waals surface area contributed by atoms with Crippen molar-refractivity contribution in [3.63, 3.8) is 0 Å². The number of carboxylic acids is 1. The monoisotopic (exact) mass is 308 g/mol. The molecule has 6 nitrogen and oxygen atoms in total. The minimum absolute atomic E-state index is 0.181. The van der Waals surface area contributed by atoms with E-state index in [0.29, 0.717) is 0 Å². The van der Waals surface area contributed by atoms with Crippen LogP contribution >= 0.6 is 0 Å². The smallest absolute Gasteiger partial charge is 0.326 e. The normalized spacial score (nSPS) is 13.0. The Bertz CT molecular complexity index is 617. The van der Waals surface area contributed by atoms with Gasteiger partial charge in [0.25, 0.3) is 5.56 Å². The van der Waals surface area contributed by atoms with E-state index >= 15 is 0 Å². The molecule has 1 heterocycles. The second-order valence-electron chi connectivity index (χ2n) is 6.51. The Kier molecular flexibility index (Phi) is 5.52. The second kappa shape index (κ2) is 6.77. The van der Waals surface area contributed by atoms with Crippen LogP contribution in [0.4, 0.5) is 0 Å². The van der Waals surface area contributed by atoms with E-state index in [4.69, 9.17) is 5.11 Å². The Morgan fingerprint density at radius 2 is 1.91 bits per heavy atom. The standard InChI is InChI=1S/C16H24N2O4/c1-10(2)13(14(20)21)17-15(22)16(4,5)9-18-11(3)7-6-8-12(18)19/h6-8,10,13H,9H2,1-5H3,(H,17,22)(H,20,21). The molecule has 0 saturated heterocycles. The van der Waals surface area contributed by atoms with Crippen LogP contribution in [0.3, 0.4) is 0 Å². The first kappa shape index (κ1) is 17.9. The van der Waals surface area contributed by atoms with Crippen LogP contribution in [-0.4, -0.2) is 27.6 Å². The number of rotatable bonds is 6. The molecule has 0 spiro atoms. The molecular formula is C16H24N2O4. The number of nitrogens with one attached hydrogen (secondary N) is 1. The van der Waals surface area contributed by atoms with E-state index < -0.39 is 17.4 Å². The minimum atomic E-state index is -1.06. The van der Waals surface area contributed by atoms with Crippen LogP contribution in [-0.2, 0) is 16.1 Å². The number of nitrogens with zero attached hydrogens (tertiary/aromatic N) is 1. The van der Waals surface area contributed by atoms with Crippen LogP contribution in [0, 0.1) is 18.3 Å². The van der Waals surface area contributed by atoms with Gasteiger partial charge in [0.15, 0.2) is 0 Å². The van der Waals surface area contributed by atoms with Gasteiger partial charge in [-0.05, 0) is 32.8 Å². The van der Waals surface area contributed by atoms with Crippen molar-refractivity contribution in [2.24, 2.45) is 11.3 Å². The Morgan fingerprint density at radius 3 is 2.36 bits per heavy atom. The number of pyridine rings is 1. The highest BCUT2D eigenvalue weighted by Gasteiger charge is 2.33. The molecule has 22 heavy (non-hydrogen) atoms. The number of hydrogen-bond acceptors (Lipinski definition) is 3. The summed E-state index contributed by atoms with van der Waals surface area (Å²) in [6.07, 6.45) is 0. The zero-order chi connectivity index (χ0) is 17.1. The lowest BCUT2D eigenvalue weighted by molar-refractivity contribution is -0.145. The molecular weight excluding hydrogens is 284 g/mol. The van der Waals surface area contributed by atoms with Crippen molar-refractivity contribution >= 4 is 11.9 Å². The lowest BCUT2D eigenvalue weighted by atomic mass is 9.90. The summed E-state index contributed by atoms with van der Waals surface area (Å²) in [7, 11) is 0. The van der Waals surface area contributed by atoms with Crippen LogP contribution in [0.25, 0.3) is 0 Å². The van der Waals surface area contributed by atoms with E-state index in [1.807, 2.05) is 0 Å². The van der Waals surface area contributed by atoms with Crippen LogP contribution in [0.15, 0.2) is 23.0 Å². The minimum Gasteiger partial charge on any atom is -0.480 e. The average Bonchev–Trinajstić information content (AvgIpc) is 2.39. The van der Waals surface area contributed by atoms with Crippen molar-refractivity contribution in [2.45, 2.75) is 47.2 Å². The topological polar surface area (TPSA) is 88.4 Å². The van der Waals surface area contributed by atoms with E-state index in [2.05, 4.69) is 5.32 Å². The summed E-state index contributed by atoms with van der Waals surface area (Å²) in [5.41, 5.74) is -0.329. The molecule has 0 aromatic carbocycles. The van der Waals surface area contributed by atoms with Gasteiger partial charge in [0.05, 0.1) is 5.41 Å². The van der Waals surface area contributed by atoms with E-state index in [1.54, 1.807) is 46.8 Å². The molecule has 1 aromatic heterocycles. The van der Waals surface area contributed by atoms with Crippen LogP contribution in [0.2, 0.25) is 0 Å². The SMILES string of the molecule is Cc1cccc(=O)n1CC(C)(C)C(=O)NC(C(=O)O)C(C)C. The zero-order valence-electron chi connectivity index (χ0n) is 13.7. The van der Waals surface area contributed by atoms with Gasteiger partial charge in [0.2, 0.25) is 5.91 Å².